The molecule has 82 valence electrons. The van der Waals surface area contributed by atoms with E-state index in [0.29, 0.717) is 0 Å². The molecule has 0 saturated heterocycles. The standard InChI is InChI=1S/C4H10N.2C2H6O.CH3.Ti/c1-3-5-4-2;2*1-2-3;;/h3-4H2,1-2H3;2*3H,2H2,1H3;1H3;/q-1;;;-1;+2. The Morgan fingerprint density at radius 2 is 1.00 bits per heavy atom. The summed E-state index contributed by atoms with van der Waals surface area (Å²) in [6.07, 6.45) is 0. The minimum Gasteiger partial charge on any atom is -0.663 e. The van der Waals surface area contributed by atoms with Crippen LogP contribution in [0.2, 0.25) is 0 Å². The second-order valence-corrected chi connectivity index (χ2v) is 1.49. The fourth-order valence-electron chi connectivity index (χ4n) is 0.224. The summed E-state index contributed by atoms with van der Waals surface area (Å²) in [6.45, 7) is 9.89. The maximum Gasteiger partial charge on any atom is 2.00 e. The molecule has 0 aromatic rings. The molecule has 4 heteroatoms. The van der Waals surface area contributed by atoms with Gasteiger partial charge >= 0.3 is 21.7 Å². The van der Waals surface area contributed by atoms with Crippen molar-refractivity contribution in [1.82, 2.24) is 0 Å². The van der Waals surface area contributed by atoms with Crippen molar-refractivity contribution in [3.05, 3.63) is 12.7 Å². The third-order valence-corrected chi connectivity index (χ3v) is 0.447. The van der Waals surface area contributed by atoms with Gasteiger partial charge in [-0.1, -0.05) is 13.8 Å². The maximum atomic E-state index is 7.57. The van der Waals surface area contributed by atoms with E-state index in [1.165, 1.54) is 0 Å². The monoisotopic (exact) mass is 227 g/mol. The second kappa shape index (κ2) is 54.1. The predicted molar refractivity (Wildman–Crippen MR) is 56.4 cm³/mol. The molecule has 3 nitrogen and oxygen atoms in total. The Balaban J connectivity index is -0.0000000240. The van der Waals surface area contributed by atoms with Gasteiger partial charge in [-0.15, -0.1) is 0 Å². The molecule has 0 heterocycles. The normalized spacial score (nSPS) is 6.00. The second-order valence-electron chi connectivity index (χ2n) is 1.49. The van der Waals surface area contributed by atoms with Crippen molar-refractivity contribution < 1.29 is 31.9 Å². The van der Waals surface area contributed by atoms with E-state index in [4.69, 9.17) is 10.2 Å². The zero-order chi connectivity index (χ0) is 9.54. The van der Waals surface area contributed by atoms with E-state index in [9.17, 15) is 0 Å². The summed E-state index contributed by atoms with van der Waals surface area (Å²) in [5, 5.41) is 19.1. The number of aliphatic hydroxyl groups is 2. The third-order valence-electron chi connectivity index (χ3n) is 0.447. The van der Waals surface area contributed by atoms with E-state index in [-0.39, 0.29) is 42.4 Å². The summed E-state index contributed by atoms with van der Waals surface area (Å²) in [4.78, 5) is 0. The van der Waals surface area contributed by atoms with E-state index < -0.39 is 0 Å². The fraction of sp³-hybridized carbons (Fsp3) is 0.889. The molecule has 0 rings (SSSR count). The van der Waals surface area contributed by atoms with E-state index in [0.717, 1.165) is 13.1 Å². The molecule has 0 aromatic carbocycles. The average molecular weight is 227 g/mol. The Kier molecular flexibility index (Phi) is 121. The van der Waals surface area contributed by atoms with Crippen LogP contribution in [0.3, 0.4) is 0 Å². The Morgan fingerprint density at radius 1 is 0.846 bits per heavy atom. The first-order chi connectivity index (χ1) is 5.24. The summed E-state index contributed by atoms with van der Waals surface area (Å²) >= 11 is 0. The van der Waals surface area contributed by atoms with Crippen LogP contribution in [0.5, 0.6) is 0 Å². The van der Waals surface area contributed by atoms with Crippen LogP contribution in [0.1, 0.15) is 27.7 Å². The molecule has 0 atom stereocenters. The van der Waals surface area contributed by atoms with Gasteiger partial charge in [-0.2, -0.15) is 13.1 Å². The van der Waals surface area contributed by atoms with E-state index >= 15 is 0 Å². The molecular formula is C9H25NO2Ti. The van der Waals surface area contributed by atoms with Crippen molar-refractivity contribution in [2.75, 3.05) is 26.3 Å². The first-order valence-electron chi connectivity index (χ1n) is 4.09. The van der Waals surface area contributed by atoms with Crippen LogP contribution < -0.4 is 0 Å². The van der Waals surface area contributed by atoms with Gasteiger partial charge in [0.15, 0.2) is 0 Å². The van der Waals surface area contributed by atoms with Gasteiger partial charge in [-0.3, -0.25) is 0 Å². The zero-order valence-corrected chi connectivity index (χ0v) is 11.2. The number of hydrogen-bond acceptors (Lipinski definition) is 2. The molecule has 0 unspecified atom stereocenters. The van der Waals surface area contributed by atoms with Crippen LogP contribution in [-0.2, 0) is 21.7 Å². The van der Waals surface area contributed by atoms with Crippen molar-refractivity contribution >= 4 is 0 Å². The molecule has 0 bridgehead atoms. The van der Waals surface area contributed by atoms with Crippen molar-refractivity contribution in [1.29, 1.82) is 0 Å². The van der Waals surface area contributed by atoms with Crippen molar-refractivity contribution in [3.63, 3.8) is 0 Å². The fourth-order valence-corrected chi connectivity index (χ4v) is 0.224. The Hall–Kier alpha value is 0.594. The van der Waals surface area contributed by atoms with Crippen molar-refractivity contribution in [2.24, 2.45) is 0 Å². The molecule has 0 amide bonds. The Labute approximate surface area is 98.8 Å². The van der Waals surface area contributed by atoms with Crippen LogP contribution in [0.4, 0.5) is 0 Å². The quantitative estimate of drug-likeness (QED) is 0.558. The topological polar surface area (TPSA) is 54.6 Å². The van der Waals surface area contributed by atoms with Gasteiger partial charge in [0, 0.05) is 13.2 Å². The molecule has 0 aliphatic carbocycles. The first kappa shape index (κ1) is 29.2. The van der Waals surface area contributed by atoms with Crippen LogP contribution in [0.15, 0.2) is 0 Å². The molecule has 0 saturated carbocycles. The maximum absolute atomic E-state index is 7.57. The van der Waals surface area contributed by atoms with Crippen LogP contribution in [0, 0.1) is 7.43 Å². The molecule has 0 aliphatic rings. The summed E-state index contributed by atoms with van der Waals surface area (Å²) < 4.78 is 0. The third kappa shape index (κ3) is 210. The van der Waals surface area contributed by atoms with Gasteiger partial charge in [-0.25, -0.2) is 0 Å². The molecule has 0 aliphatic heterocycles. The largest absolute Gasteiger partial charge is 2.00 e. The zero-order valence-electron chi connectivity index (χ0n) is 9.67. The molecular weight excluding hydrogens is 202 g/mol. The Bertz CT molecular complexity index is 36.8. The van der Waals surface area contributed by atoms with E-state index in [2.05, 4.69) is 5.32 Å². The van der Waals surface area contributed by atoms with Crippen LogP contribution in [-0.4, -0.2) is 36.5 Å². The van der Waals surface area contributed by atoms with E-state index in [1.807, 2.05) is 13.8 Å². The number of hydrogen-bond donors (Lipinski definition) is 2. The minimum atomic E-state index is 0. The summed E-state index contributed by atoms with van der Waals surface area (Å²) in [5.74, 6) is 0. The molecule has 2 N–H and O–H groups in total. The summed E-state index contributed by atoms with van der Waals surface area (Å²) in [6, 6.07) is 0. The van der Waals surface area contributed by atoms with E-state index in [1.54, 1.807) is 13.8 Å². The van der Waals surface area contributed by atoms with Gasteiger partial charge in [0.05, 0.1) is 0 Å². The van der Waals surface area contributed by atoms with Crippen LogP contribution >= 0.6 is 0 Å². The summed E-state index contributed by atoms with van der Waals surface area (Å²) in [5.41, 5.74) is 0. The van der Waals surface area contributed by atoms with Gasteiger partial charge in [-0.05, 0) is 13.8 Å². The van der Waals surface area contributed by atoms with Crippen molar-refractivity contribution in [2.45, 2.75) is 27.7 Å². The number of aliphatic hydroxyl groups excluding tert-OH is 2. The number of rotatable bonds is 2. The molecule has 0 aromatic heterocycles. The van der Waals surface area contributed by atoms with Gasteiger partial charge < -0.3 is 23.0 Å². The predicted octanol–water partition coefficient (Wildman–Crippen LogP) is 1.84. The molecule has 0 spiro atoms. The number of nitrogens with zero attached hydrogens (tertiary/aromatic N) is 1. The van der Waals surface area contributed by atoms with Gasteiger partial charge in [0.2, 0.25) is 0 Å². The first-order valence-corrected chi connectivity index (χ1v) is 4.09. The smallest absolute Gasteiger partial charge is 0.663 e. The van der Waals surface area contributed by atoms with Gasteiger partial charge in [0.25, 0.3) is 0 Å². The molecule has 13 heavy (non-hydrogen) atoms. The Morgan fingerprint density at radius 3 is 1.00 bits per heavy atom. The SMILES string of the molecule is CCO.CCO.CC[N-]CC.[CH3-].[Ti+2]. The molecule has 0 fully saturated rings. The average Bonchev–Trinajstić information content (AvgIpc) is 1.92. The van der Waals surface area contributed by atoms with Crippen molar-refractivity contribution in [3.8, 4) is 0 Å². The van der Waals surface area contributed by atoms with Crippen LogP contribution in [0.25, 0.3) is 5.32 Å². The molecule has 0 radical (unpaired) electrons. The van der Waals surface area contributed by atoms with Gasteiger partial charge in [0.1, 0.15) is 0 Å². The summed E-state index contributed by atoms with van der Waals surface area (Å²) in [7, 11) is 0. The minimum absolute atomic E-state index is 0.